The monoisotopic (exact) mass is 458 g/mol. The molecule has 1 aromatic heterocycles. The second-order valence-corrected chi connectivity index (χ2v) is 9.77. The standard InChI is InChI=1S/C27H26N2O3S/c1-28(2)20-11-13-21(14-12-20)29-24(22-8-5-15-33-22)23(26(31)27(29)32)25(30)19-10-9-17-6-3-4-7-18(17)16-19/h5,8-16,24,30H,3-4,6-7H2,1-2H3/b25-23-. The number of benzene rings is 2. The number of aliphatic hydroxyl groups excluding tert-OH is 1. The molecule has 0 saturated carbocycles. The number of thiophene rings is 1. The minimum Gasteiger partial charge on any atom is -0.507 e. The molecule has 1 aliphatic carbocycles. The Hall–Kier alpha value is -3.38. The van der Waals surface area contributed by atoms with Crippen molar-refractivity contribution in [2.24, 2.45) is 0 Å². The summed E-state index contributed by atoms with van der Waals surface area (Å²) in [5.74, 6) is -1.38. The molecule has 33 heavy (non-hydrogen) atoms. The molecule has 1 N–H and O–H groups in total. The summed E-state index contributed by atoms with van der Waals surface area (Å²) < 4.78 is 0. The van der Waals surface area contributed by atoms with Crippen LogP contribution in [-0.4, -0.2) is 30.9 Å². The lowest BCUT2D eigenvalue weighted by Crippen LogP contribution is -2.29. The van der Waals surface area contributed by atoms with Gasteiger partial charge in [0.15, 0.2) is 0 Å². The molecule has 6 heteroatoms. The number of aryl methyl sites for hydroxylation is 2. The number of hydrogen-bond donors (Lipinski definition) is 1. The molecule has 0 spiro atoms. The van der Waals surface area contributed by atoms with Crippen molar-refractivity contribution in [1.29, 1.82) is 0 Å². The van der Waals surface area contributed by atoms with E-state index in [0.29, 0.717) is 11.3 Å². The van der Waals surface area contributed by atoms with Crippen LogP contribution in [-0.2, 0) is 22.4 Å². The average molecular weight is 459 g/mol. The highest BCUT2D eigenvalue weighted by atomic mass is 32.1. The van der Waals surface area contributed by atoms with E-state index in [1.54, 1.807) is 0 Å². The summed E-state index contributed by atoms with van der Waals surface area (Å²) in [6, 6.07) is 16.6. The average Bonchev–Trinajstić information content (AvgIpc) is 3.45. The van der Waals surface area contributed by atoms with Crippen LogP contribution in [0.4, 0.5) is 11.4 Å². The zero-order valence-corrected chi connectivity index (χ0v) is 19.6. The number of aliphatic hydroxyl groups is 1. The van der Waals surface area contributed by atoms with Crippen LogP contribution in [0.25, 0.3) is 5.76 Å². The van der Waals surface area contributed by atoms with Crippen molar-refractivity contribution >= 4 is 40.2 Å². The van der Waals surface area contributed by atoms with Crippen LogP contribution in [0.1, 0.15) is 40.5 Å². The minimum absolute atomic E-state index is 0.104. The van der Waals surface area contributed by atoms with Gasteiger partial charge in [-0.25, -0.2) is 0 Å². The maximum Gasteiger partial charge on any atom is 0.300 e. The lowest BCUT2D eigenvalue weighted by Gasteiger charge is -2.25. The predicted octanol–water partition coefficient (Wildman–Crippen LogP) is 5.32. The molecule has 1 amide bonds. The summed E-state index contributed by atoms with van der Waals surface area (Å²) in [4.78, 5) is 30.8. The molecular formula is C27H26N2O3S. The summed E-state index contributed by atoms with van der Waals surface area (Å²) in [6.45, 7) is 0. The molecule has 3 aromatic rings. The largest absolute Gasteiger partial charge is 0.507 e. The fourth-order valence-electron chi connectivity index (χ4n) is 4.76. The molecule has 0 bridgehead atoms. The van der Waals surface area contributed by atoms with Crippen molar-refractivity contribution in [3.8, 4) is 0 Å². The first-order valence-corrected chi connectivity index (χ1v) is 12.1. The summed E-state index contributed by atoms with van der Waals surface area (Å²) in [5.41, 5.74) is 4.89. The van der Waals surface area contributed by atoms with Crippen molar-refractivity contribution in [3.05, 3.63) is 87.1 Å². The highest BCUT2D eigenvalue weighted by molar-refractivity contribution is 7.10. The number of ketones is 1. The van der Waals surface area contributed by atoms with Gasteiger partial charge < -0.3 is 10.0 Å². The molecule has 1 unspecified atom stereocenters. The molecule has 5 nitrogen and oxygen atoms in total. The van der Waals surface area contributed by atoms with Crippen LogP contribution in [0.15, 0.2) is 65.6 Å². The molecule has 2 aromatic carbocycles. The third-order valence-electron chi connectivity index (χ3n) is 6.52. The Morgan fingerprint density at radius 1 is 1.00 bits per heavy atom. The number of hydrogen-bond acceptors (Lipinski definition) is 5. The number of amides is 1. The lowest BCUT2D eigenvalue weighted by atomic mass is 9.89. The lowest BCUT2D eigenvalue weighted by molar-refractivity contribution is -0.132. The highest BCUT2D eigenvalue weighted by Gasteiger charge is 2.47. The third kappa shape index (κ3) is 3.74. The molecule has 2 aliphatic rings. The summed E-state index contributed by atoms with van der Waals surface area (Å²) in [6.07, 6.45) is 4.31. The van der Waals surface area contributed by atoms with E-state index in [0.717, 1.165) is 29.8 Å². The Balaban J connectivity index is 1.63. The van der Waals surface area contributed by atoms with Gasteiger partial charge in [0.1, 0.15) is 11.8 Å². The topological polar surface area (TPSA) is 60.9 Å². The van der Waals surface area contributed by atoms with E-state index < -0.39 is 17.7 Å². The van der Waals surface area contributed by atoms with E-state index in [4.69, 9.17) is 0 Å². The van der Waals surface area contributed by atoms with E-state index in [1.807, 2.05) is 79.0 Å². The predicted molar refractivity (Wildman–Crippen MR) is 133 cm³/mol. The van der Waals surface area contributed by atoms with E-state index >= 15 is 0 Å². The van der Waals surface area contributed by atoms with Gasteiger partial charge in [0.25, 0.3) is 11.7 Å². The molecule has 1 aliphatic heterocycles. The summed E-state index contributed by atoms with van der Waals surface area (Å²) in [5, 5.41) is 13.3. The van der Waals surface area contributed by atoms with Crippen molar-refractivity contribution in [1.82, 2.24) is 0 Å². The normalized spacial score (nSPS) is 19.6. The van der Waals surface area contributed by atoms with Gasteiger partial charge in [-0.05, 0) is 78.6 Å². The van der Waals surface area contributed by atoms with E-state index in [-0.39, 0.29) is 11.3 Å². The van der Waals surface area contributed by atoms with Gasteiger partial charge in [0.05, 0.1) is 5.57 Å². The van der Waals surface area contributed by atoms with E-state index in [9.17, 15) is 14.7 Å². The van der Waals surface area contributed by atoms with Gasteiger partial charge in [-0.2, -0.15) is 0 Å². The first kappa shape index (κ1) is 21.5. The van der Waals surface area contributed by atoms with Crippen molar-refractivity contribution in [2.75, 3.05) is 23.9 Å². The maximum atomic E-state index is 13.3. The third-order valence-corrected chi connectivity index (χ3v) is 7.45. The zero-order chi connectivity index (χ0) is 23.1. The van der Waals surface area contributed by atoms with Gasteiger partial charge in [0.2, 0.25) is 0 Å². The van der Waals surface area contributed by atoms with Crippen LogP contribution >= 0.6 is 11.3 Å². The Morgan fingerprint density at radius 2 is 1.73 bits per heavy atom. The van der Waals surface area contributed by atoms with Crippen molar-refractivity contribution in [3.63, 3.8) is 0 Å². The zero-order valence-electron chi connectivity index (χ0n) is 18.7. The number of nitrogens with zero attached hydrogens (tertiary/aromatic N) is 2. The van der Waals surface area contributed by atoms with Gasteiger partial charge in [-0.15, -0.1) is 11.3 Å². The molecule has 0 radical (unpaired) electrons. The first-order valence-electron chi connectivity index (χ1n) is 11.2. The second-order valence-electron chi connectivity index (χ2n) is 8.79. The maximum absolute atomic E-state index is 13.3. The van der Waals surface area contributed by atoms with Crippen LogP contribution < -0.4 is 9.80 Å². The van der Waals surface area contributed by atoms with Gasteiger partial charge in [0, 0.05) is 35.9 Å². The number of carbonyl (C=O) groups excluding carboxylic acids is 2. The van der Waals surface area contributed by atoms with Crippen LogP contribution in [0, 0.1) is 0 Å². The van der Waals surface area contributed by atoms with Crippen LogP contribution in [0.2, 0.25) is 0 Å². The number of rotatable bonds is 4. The fourth-order valence-corrected chi connectivity index (χ4v) is 5.59. The molecule has 168 valence electrons. The smallest absolute Gasteiger partial charge is 0.300 e. The number of Topliss-reactive ketones (excluding diaryl/α,β-unsaturated/α-hetero) is 1. The molecule has 2 heterocycles. The number of carbonyl (C=O) groups is 2. The number of anilines is 2. The molecule has 1 fully saturated rings. The Kier molecular flexibility index (Phi) is 5.54. The Morgan fingerprint density at radius 3 is 2.39 bits per heavy atom. The Bertz CT molecular complexity index is 1240. The molecule has 1 saturated heterocycles. The SMILES string of the molecule is CN(C)c1ccc(N2C(=O)C(=O)/C(=C(\O)c3ccc4c(c3)CCCC4)C2c2cccs2)cc1. The van der Waals surface area contributed by atoms with E-state index in [1.165, 1.54) is 33.8 Å². The molecule has 5 rings (SSSR count). The van der Waals surface area contributed by atoms with Crippen LogP contribution in [0.5, 0.6) is 0 Å². The highest BCUT2D eigenvalue weighted by Crippen LogP contribution is 2.44. The Labute approximate surface area is 197 Å². The molecular weight excluding hydrogens is 432 g/mol. The fraction of sp³-hybridized carbons (Fsp3) is 0.259. The van der Waals surface area contributed by atoms with E-state index in [2.05, 4.69) is 0 Å². The van der Waals surface area contributed by atoms with Crippen molar-refractivity contribution in [2.45, 2.75) is 31.7 Å². The number of fused-ring (bicyclic) bond motifs is 1. The van der Waals surface area contributed by atoms with Crippen LogP contribution in [0.3, 0.4) is 0 Å². The van der Waals surface area contributed by atoms with Gasteiger partial charge in [-0.1, -0.05) is 18.2 Å². The van der Waals surface area contributed by atoms with Gasteiger partial charge >= 0.3 is 0 Å². The quantitative estimate of drug-likeness (QED) is 0.327. The van der Waals surface area contributed by atoms with Gasteiger partial charge in [-0.3, -0.25) is 14.5 Å². The van der Waals surface area contributed by atoms with Crippen molar-refractivity contribution < 1.29 is 14.7 Å². The molecule has 1 atom stereocenters. The first-order chi connectivity index (χ1) is 16.0. The summed E-state index contributed by atoms with van der Waals surface area (Å²) >= 11 is 1.47. The minimum atomic E-state index is -0.661. The summed E-state index contributed by atoms with van der Waals surface area (Å²) in [7, 11) is 3.90. The second kappa shape index (κ2) is 8.52.